The molecule has 0 fully saturated rings. The van der Waals surface area contributed by atoms with Gasteiger partial charge in [0.05, 0.1) is 12.8 Å². The second kappa shape index (κ2) is 15.4. The van der Waals surface area contributed by atoms with Crippen molar-refractivity contribution in [1.29, 1.82) is 0 Å². The Labute approximate surface area is 292 Å². The Morgan fingerprint density at radius 2 is 1.55 bits per heavy atom. The number of anilines is 2. The summed E-state index contributed by atoms with van der Waals surface area (Å²) in [6.45, 7) is 0. The summed E-state index contributed by atoms with van der Waals surface area (Å²) >= 11 is 7.54. The Hall–Kier alpha value is -5.77. The predicted octanol–water partition coefficient (Wildman–Crippen LogP) is 8.71. The van der Waals surface area contributed by atoms with E-state index >= 15 is 0 Å². The van der Waals surface area contributed by atoms with E-state index in [1.807, 2.05) is 66.7 Å². The lowest BCUT2D eigenvalue weighted by molar-refractivity contribution is -0.116. The number of ether oxygens (including phenoxy) is 1. The van der Waals surface area contributed by atoms with Gasteiger partial charge in [-0.2, -0.15) is 0 Å². The van der Waals surface area contributed by atoms with Crippen molar-refractivity contribution in [1.82, 2.24) is 10.3 Å². The fourth-order valence-electron chi connectivity index (χ4n) is 5.17. The molecule has 6 aromatic rings. The number of amides is 3. The minimum absolute atomic E-state index is 0.0636. The Balaban J connectivity index is 1.26. The summed E-state index contributed by atoms with van der Waals surface area (Å²) in [6.07, 6.45) is 3.44. The molecule has 0 saturated heterocycles. The van der Waals surface area contributed by atoms with Crippen LogP contribution in [-0.4, -0.2) is 29.8 Å². The molecule has 244 valence electrons. The number of benzene rings is 5. The summed E-state index contributed by atoms with van der Waals surface area (Å²) in [7, 11) is 1.52. The zero-order valence-corrected chi connectivity index (χ0v) is 27.8. The fourth-order valence-corrected chi connectivity index (χ4v) is 6.43. The average molecular weight is 687 g/mol. The highest BCUT2D eigenvalue weighted by Crippen LogP contribution is 2.38. The van der Waals surface area contributed by atoms with E-state index in [-0.39, 0.29) is 11.6 Å². The maximum Gasteiger partial charge on any atom is 0.272 e. The molecule has 1 aromatic heterocycles. The molecule has 0 aliphatic heterocycles. The third-order valence-electron chi connectivity index (χ3n) is 7.56. The second-order valence-electron chi connectivity index (χ2n) is 10.9. The van der Waals surface area contributed by atoms with E-state index in [1.54, 1.807) is 72.9 Å². The number of para-hydroxylation sites is 1. The Morgan fingerprint density at radius 1 is 0.816 bits per heavy atom. The molecular formula is C39H31ClN4O4S. The number of hydrogen-bond acceptors (Lipinski definition) is 5. The molecule has 1 atom stereocenters. The van der Waals surface area contributed by atoms with Gasteiger partial charge in [-0.25, -0.2) is 0 Å². The first-order valence-corrected chi connectivity index (χ1v) is 16.6. The van der Waals surface area contributed by atoms with Crippen molar-refractivity contribution < 1.29 is 19.1 Å². The van der Waals surface area contributed by atoms with E-state index in [9.17, 15) is 14.4 Å². The third kappa shape index (κ3) is 8.21. The SMILES string of the molecule is COc1ccc(Cl)cc1NC(=O)C(Sc1cccc(NC(=O)/C(=C/c2c[nH]c3ccccc23)NC(=O)c2ccccc2)c1)c1ccccc1. The standard InChI is InChI=1S/C39H31ClN4O4S/c1-48-35-20-19-28(40)22-33(35)43-39(47)36(25-11-4-2-5-12-25)49-30-16-10-15-29(23-30)42-38(46)34(44-37(45)26-13-6-3-7-14-26)21-27-24-41-32-18-9-8-17-31(27)32/h2-24,36,41H,1H3,(H,42,46)(H,43,47)(H,44,45)/b34-21-. The number of hydrogen-bond donors (Lipinski definition) is 4. The molecule has 10 heteroatoms. The maximum atomic E-state index is 13.8. The van der Waals surface area contributed by atoms with E-state index in [4.69, 9.17) is 16.3 Å². The molecule has 49 heavy (non-hydrogen) atoms. The molecule has 6 rings (SSSR count). The Bertz CT molecular complexity index is 2150. The van der Waals surface area contributed by atoms with Crippen LogP contribution in [-0.2, 0) is 9.59 Å². The maximum absolute atomic E-state index is 13.8. The number of nitrogens with one attached hydrogen (secondary N) is 4. The van der Waals surface area contributed by atoms with Crippen molar-refractivity contribution in [3.8, 4) is 5.75 Å². The van der Waals surface area contributed by atoms with Gasteiger partial charge in [-0.15, -0.1) is 11.8 Å². The molecule has 0 radical (unpaired) electrons. The largest absolute Gasteiger partial charge is 0.495 e. The third-order valence-corrected chi connectivity index (χ3v) is 9.04. The molecule has 0 saturated carbocycles. The van der Waals surface area contributed by atoms with Crippen molar-refractivity contribution in [3.63, 3.8) is 0 Å². The highest BCUT2D eigenvalue weighted by atomic mass is 35.5. The molecule has 0 aliphatic carbocycles. The lowest BCUT2D eigenvalue weighted by atomic mass is 10.1. The highest BCUT2D eigenvalue weighted by molar-refractivity contribution is 8.00. The average Bonchev–Trinajstić information content (AvgIpc) is 3.54. The number of carbonyl (C=O) groups excluding carboxylic acids is 3. The normalized spacial score (nSPS) is 11.8. The van der Waals surface area contributed by atoms with Gasteiger partial charge in [-0.05, 0) is 66.2 Å². The number of H-pyrrole nitrogens is 1. The monoisotopic (exact) mass is 686 g/mol. The number of carbonyl (C=O) groups is 3. The summed E-state index contributed by atoms with van der Waals surface area (Å²) in [5, 5.41) is 9.39. The van der Waals surface area contributed by atoms with Crippen LogP contribution in [0.3, 0.4) is 0 Å². The van der Waals surface area contributed by atoms with Crippen LogP contribution < -0.4 is 20.7 Å². The summed E-state index contributed by atoms with van der Waals surface area (Å²) in [5.41, 5.74) is 3.85. The summed E-state index contributed by atoms with van der Waals surface area (Å²) in [5.74, 6) is -0.727. The van der Waals surface area contributed by atoms with Crippen LogP contribution in [0.1, 0.15) is 26.7 Å². The highest BCUT2D eigenvalue weighted by Gasteiger charge is 2.24. The van der Waals surface area contributed by atoms with Crippen LogP contribution in [0.4, 0.5) is 11.4 Å². The molecule has 0 bridgehead atoms. The molecule has 5 aromatic carbocycles. The predicted molar refractivity (Wildman–Crippen MR) is 197 cm³/mol. The minimum atomic E-state index is -0.654. The van der Waals surface area contributed by atoms with Crippen LogP contribution in [0.15, 0.2) is 144 Å². The van der Waals surface area contributed by atoms with Crippen LogP contribution in [0.2, 0.25) is 5.02 Å². The van der Waals surface area contributed by atoms with E-state index in [0.29, 0.717) is 27.7 Å². The minimum Gasteiger partial charge on any atom is -0.495 e. The zero-order valence-electron chi connectivity index (χ0n) is 26.3. The van der Waals surface area contributed by atoms with Gasteiger partial charge < -0.3 is 25.7 Å². The van der Waals surface area contributed by atoms with Gasteiger partial charge in [0.15, 0.2) is 0 Å². The number of halogens is 1. The smallest absolute Gasteiger partial charge is 0.272 e. The van der Waals surface area contributed by atoms with Crippen molar-refractivity contribution in [2.24, 2.45) is 0 Å². The lowest BCUT2D eigenvalue weighted by Gasteiger charge is -2.19. The number of thioether (sulfide) groups is 1. The number of aromatic amines is 1. The quantitative estimate of drug-likeness (QED) is 0.0805. The number of fused-ring (bicyclic) bond motifs is 1. The van der Waals surface area contributed by atoms with E-state index in [2.05, 4.69) is 20.9 Å². The summed E-state index contributed by atoms with van der Waals surface area (Å²) in [6, 6.07) is 38.0. The Kier molecular flexibility index (Phi) is 10.4. The van der Waals surface area contributed by atoms with Gasteiger partial charge in [0.1, 0.15) is 16.7 Å². The lowest BCUT2D eigenvalue weighted by Crippen LogP contribution is -2.30. The molecule has 8 nitrogen and oxygen atoms in total. The number of aromatic nitrogens is 1. The van der Waals surface area contributed by atoms with Crippen LogP contribution in [0.25, 0.3) is 17.0 Å². The molecule has 1 heterocycles. The summed E-state index contributed by atoms with van der Waals surface area (Å²) in [4.78, 5) is 44.7. The molecule has 4 N–H and O–H groups in total. The Morgan fingerprint density at radius 3 is 2.33 bits per heavy atom. The topological polar surface area (TPSA) is 112 Å². The molecule has 0 aliphatic rings. The molecule has 1 unspecified atom stereocenters. The van der Waals surface area contributed by atoms with Crippen molar-refractivity contribution in [2.45, 2.75) is 10.1 Å². The summed E-state index contributed by atoms with van der Waals surface area (Å²) < 4.78 is 5.43. The first-order valence-electron chi connectivity index (χ1n) is 15.3. The molecule has 3 amide bonds. The zero-order chi connectivity index (χ0) is 34.2. The fraction of sp³-hybridized carbons (Fsp3) is 0.0513. The van der Waals surface area contributed by atoms with Crippen LogP contribution >= 0.6 is 23.4 Å². The van der Waals surface area contributed by atoms with Crippen molar-refractivity contribution >= 4 is 69.4 Å². The van der Waals surface area contributed by atoms with Gasteiger partial charge in [0.2, 0.25) is 5.91 Å². The van der Waals surface area contributed by atoms with Crippen molar-refractivity contribution in [3.05, 3.63) is 161 Å². The van der Waals surface area contributed by atoms with E-state index < -0.39 is 17.1 Å². The van der Waals surface area contributed by atoms with Gasteiger partial charge in [0.25, 0.3) is 11.8 Å². The van der Waals surface area contributed by atoms with Crippen molar-refractivity contribution in [2.75, 3.05) is 17.7 Å². The number of methoxy groups -OCH3 is 1. The van der Waals surface area contributed by atoms with Gasteiger partial charge in [-0.1, -0.05) is 84.4 Å². The molecular weight excluding hydrogens is 656 g/mol. The van der Waals surface area contributed by atoms with Crippen LogP contribution in [0.5, 0.6) is 5.75 Å². The number of rotatable bonds is 11. The first-order chi connectivity index (χ1) is 23.9. The van der Waals surface area contributed by atoms with E-state index in [1.165, 1.54) is 18.9 Å². The molecule has 0 spiro atoms. The second-order valence-corrected chi connectivity index (χ2v) is 12.5. The van der Waals surface area contributed by atoms with Gasteiger partial charge in [0, 0.05) is 43.8 Å². The van der Waals surface area contributed by atoms with Gasteiger partial charge in [-0.3, -0.25) is 14.4 Å². The first kappa shape index (κ1) is 33.1. The van der Waals surface area contributed by atoms with E-state index in [0.717, 1.165) is 26.9 Å². The van der Waals surface area contributed by atoms with Gasteiger partial charge >= 0.3 is 0 Å². The van der Waals surface area contributed by atoms with Crippen LogP contribution in [0, 0.1) is 0 Å².